The average Bonchev–Trinajstić information content (AvgIpc) is 3.35. The third-order valence-electron chi connectivity index (χ3n) is 6.74. The van der Waals surface area contributed by atoms with Crippen LogP contribution in [0.4, 0.5) is 0 Å². The molecule has 2 aliphatic rings. The molecule has 0 aromatic heterocycles. The van der Waals surface area contributed by atoms with Crippen LogP contribution in [0.1, 0.15) is 47.5 Å². The number of carbonyl (C=O) groups excluding carboxylic acids is 2. The lowest BCUT2D eigenvalue weighted by atomic mass is 9.65. The van der Waals surface area contributed by atoms with Gasteiger partial charge in [-0.1, -0.05) is 60.7 Å². The van der Waals surface area contributed by atoms with Crippen LogP contribution in [0.3, 0.4) is 0 Å². The topological polar surface area (TPSA) is 124 Å². The van der Waals surface area contributed by atoms with E-state index in [4.69, 9.17) is 9.84 Å². The first-order valence-electron chi connectivity index (χ1n) is 10.6. The van der Waals surface area contributed by atoms with Crippen LogP contribution in [0, 0.1) is 22.0 Å². The third kappa shape index (κ3) is 3.55. The van der Waals surface area contributed by atoms with Gasteiger partial charge in [-0.3, -0.25) is 24.5 Å². The van der Waals surface area contributed by atoms with Crippen LogP contribution in [0.25, 0.3) is 0 Å². The summed E-state index contributed by atoms with van der Waals surface area (Å²) in [4.78, 5) is 49.0. The summed E-state index contributed by atoms with van der Waals surface area (Å²) in [5.41, 5.74) is -1.01. The molecule has 8 heteroatoms. The molecule has 5 atom stereocenters. The van der Waals surface area contributed by atoms with Gasteiger partial charge in [-0.05, 0) is 24.3 Å². The smallest absolute Gasteiger partial charge is 0.306 e. The van der Waals surface area contributed by atoms with E-state index in [1.165, 1.54) is 0 Å². The minimum absolute atomic E-state index is 0.210. The van der Waals surface area contributed by atoms with E-state index in [-0.39, 0.29) is 24.3 Å². The van der Waals surface area contributed by atoms with Gasteiger partial charge in [0.15, 0.2) is 0 Å². The minimum Gasteiger partial charge on any atom is -0.481 e. The van der Waals surface area contributed by atoms with Crippen molar-refractivity contribution in [3.63, 3.8) is 0 Å². The maximum Gasteiger partial charge on any atom is 0.306 e. The summed E-state index contributed by atoms with van der Waals surface area (Å²) >= 11 is 0. The number of benzene rings is 2. The van der Waals surface area contributed by atoms with Crippen molar-refractivity contribution in [1.29, 1.82) is 0 Å². The van der Waals surface area contributed by atoms with E-state index in [1.807, 2.05) is 6.07 Å². The summed E-state index contributed by atoms with van der Waals surface area (Å²) in [5.74, 6) is -4.09. The van der Waals surface area contributed by atoms with Crippen LogP contribution in [-0.2, 0) is 14.3 Å². The van der Waals surface area contributed by atoms with Crippen LogP contribution in [0.15, 0.2) is 60.7 Å². The van der Waals surface area contributed by atoms with Gasteiger partial charge in [0, 0.05) is 10.5 Å². The van der Waals surface area contributed by atoms with E-state index in [9.17, 15) is 24.5 Å². The van der Waals surface area contributed by atoms with Crippen molar-refractivity contribution in [3.05, 3.63) is 81.9 Å². The van der Waals surface area contributed by atoms with Gasteiger partial charge in [0.05, 0.1) is 24.7 Å². The summed E-state index contributed by atoms with van der Waals surface area (Å²) in [6.07, 6.45) is -0.713. The monoisotopic (exact) mass is 437 g/mol. The zero-order valence-electron chi connectivity index (χ0n) is 17.3. The molecule has 166 valence electrons. The van der Waals surface area contributed by atoms with E-state index >= 15 is 0 Å². The Labute approximate surface area is 184 Å². The molecule has 2 aromatic rings. The van der Waals surface area contributed by atoms with Gasteiger partial charge in [0.2, 0.25) is 5.78 Å². The Morgan fingerprint density at radius 3 is 2.22 bits per heavy atom. The van der Waals surface area contributed by atoms with Crippen molar-refractivity contribution in [1.82, 2.24) is 0 Å². The van der Waals surface area contributed by atoms with Gasteiger partial charge in [0.1, 0.15) is 6.10 Å². The zero-order chi connectivity index (χ0) is 22.9. The molecule has 2 fully saturated rings. The summed E-state index contributed by atoms with van der Waals surface area (Å²) < 4.78 is 5.51. The summed E-state index contributed by atoms with van der Waals surface area (Å²) in [5, 5.41) is 21.5. The van der Waals surface area contributed by atoms with E-state index < -0.39 is 46.1 Å². The lowest BCUT2D eigenvalue weighted by molar-refractivity contribution is -0.565. The normalized spacial score (nSPS) is 28.2. The highest BCUT2D eigenvalue weighted by Gasteiger charge is 2.75. The SMILES string of the molecule is O=C(O)CCC(=O)O[C@@H]1C[C@@H]2C[C@H]1[C@](C(=O)c1ccccc1)([N+](=O)[O-])[C@H]2c1ccccc1. The molecule has 0 heterocycles. The predicted molar refractivity (Wildman–Crippen MR) is 113 cm³/mol. The number of ether oxygens (including phenoxy) is 1. The number of nitrogens with zero attached hydrogens (tertiary/aromatic N) is 1. The molecule has 0 saturated heterocycles. The second kappa shape index (κ2) is 8.53. The summed E-state index contributed by atoms with van der Waals surface area (Å²) in [7, 11) is 0. The molecule has 0 amide bonds. The maximum absolute atomic E-state index is 13.8. The van der Waals surface area contributed by atoms with Crippen LogP contribution in [0.2, 0.25) is 0 Å². The molecular formula is C24H23NO7. The summed E-state index contributed by atoms with van der Waals surface area (Å²) in [6.45, 7) is 0. The molecule has 2 saturated carbocycles. The lowest BCUT2D eigenvalue weighted by Crippen LogP contribution is -2.59. The Hall–Kier alpha value is -3.55. The standard InChI is InChI=1S/C24H23NO7/c26-20(27)11-12-21(28)32-19-14-17-13-18(19)24(25(30)31,22(17)15-7-3-1-4-8-15)23(29)16-9-5-2-6-10-16/h1-10,17-19,22H,11-14H2,(H,26,27)/t17-,18+,19+,22-,24-/m0/s1. The fourth-order valence-corrected chi connectivity index (χ4v) is 5.58. The molecular weight excluding hydrogens is 414 g/mol. The number of esters is 1. The first-order chi connectivity index (χ1) is 15.4. The zero-order valence-corrected chi connectivity index (χ0v) is 17.3. The molecule has 0 unspecified atom stereocenters. The third-order valence-corrected chi connectivity index (χ3v) is 6.74. The Bertz CT molecular complexity index is 1040. The number of ketones is 1. The van der Waals surface area contributed by atoms with Crippen molar-refractivity contribution >= 4 is 17.7 Å². The summed E-state index contributed by atoms with van der Waals surface area (Å²) in [6, 6.07) is 17.2. The molecule has 0 radical (unpaired) electrons. The van der Waals surface area contributed by atoms with Crippen LogP contribution in [-0.4, -0.2) is 39.4 Å². The Kier molecular flexibility index (Phi) is 5.78. The average molecular weight is 437 g/mol. The number of hydrogen-bond donors (Lipinski definition) is 1. The van der Waals surface area contributed by atoms with E-state index in [0.29, 0.717) is 12.8 Å². The first-order valence-corrected chi connectivity index (χ1v) is 10.6. The Balaban J connectivity index is 1.75. The van der Waals surface area contributed by atoms with E-state index in [2.05, 4.69) is 0 Å². The molecule has 2 aromatic carbocycles. The number of rotatable bonds is 8. The van der Waals surface area contributed by atoms with Gasteiger partial charge >= 0.3 is 11.9 Å². The van der Waals surface area contributed by atoms with Crippen LogP contribution in [0.5, 0.6) is 0 Å². The minimum atomic E-state index is -1.97. The largest absolute Gasteiger partial charge is 0.481 e. The Morgan fingerprint density at radius 2 is 1.62 bits per heavy atom. The second-order valence-electron chi connectivity index (χ2n) is 8.43. The number of fused-ring (bicyclic) bond motifs is 2. The van der Waals surface area contributed by atoms with Crippen LogP contribution < -0.4 is 0 Å². The first kappa shape index (κ1) is 21.7. The highest BCUT2D eigenvalue weighted by atomic mass is 16.6. The van der Waals surface area contributed by atoms with E-state index in [0.717, 1.165) is 5.56 Å². The van der Waals surface area contributed by atoms with Crippen molar-refractivity contribution in [2.75, 3.05) is 0 Å². The van der Waals surface area contributed by atoms with Gasteiger partial charge in [-0.15, -0.1) is 0 Å². The molecule has 2 aliphatic carbocycles. The predicted octanol–water partition coefficient (Wildman–Crippen LogP) is 3.49. The number of nitro groups is 1. The second-order valence-corrected chi connectivity index (χ2v) is 8.43. The number of aliphatic carboxylic acids is 1. The lowest BCUT2D eigenvalue weighted by Gasteiger charge is -2.39. The molecule has 0 aliphatic heterocycles. The van der Waals surface area contributed by atoms with Gasteiger partial charge in [-0.2, -0.15) is 0 Å². The van der Waals surface area contributed by atoms with E-state index in [1.54, 1.807) is 54.6 Å². The van der Waals surface area contributed by atoms with Crippen molar-refractivity contribution in [3.8, 4) is 0 Å². The quantitative estimate of drug-likeness (QED) is 0.290. The molecule has 1 N–H and O–H groups in total. The number of carbonyl (C=O) groups is 3. The van der Waals surface area contributed by atoms with Gasteiger partial charge in [-0.25, -0.2) is 0 Å². The number of hydrogen-bond acceptors (Lipinski definition) is 6. The van der Waals surface area contributed by atoms with Gasteiger partial charge < -0.3 is 9.84 Å². The molecule has 8 nitrogen and oxygen atoms in total. The van der Waals surface area contributed by atoms with Crippen molar-refractivity contribution in [2.24, 2.45) is 11.8 Å². The van der Waals surface area contributed by atoms with Crippen LogP contribution >= 0.6 is 0 Å². The highest BCUT2D eigenvalue weighted by molar-refractivity contribution is 6.04. The number of carboxylic acid groups (broad SMARTS) is 1. The van der Waals surface area contributed by atoms with Gasteiger partial charge in [0.25, 0.3) is 5.54 Å². The van der Waals surface area contributed by atoms with Crippen molar-refractivity contribution in [2.45, 2.75) is 43.2 Å². The Morgan fingerprint density at radius 1 is 1.00 bits per heavy atom. The molecule has 0 spiro atoms. The van der Waals surface area contributed by atoms with Crippen molar-refractivity contribution < 1.29 is 29.2 Å². The molecule has 4 rings (SSSR count). The molecule has 32 heavy (non-hydrogen) atoms. The number of Topliss-reactive ketones (excluding diaryl/α,β-unsaturated/α-hetero) is 1. The highest BCUT2D eigenvalue weighted by Crippen LogP contribution is 2.61. The maximum atomic E-state index is 13.8. The fourth-order valence-electron chi connectivity index (χ4n) is 5.58. The fraction of sp³-hybridized carbons (Fsp3) is 0.375. The number of carboxylic acids is 1. The molecule has 2 bridgehead atoms.